The number of ether oxygens (including phenoxy) is 5. The van der Waals surface area contributed by atoms with Crippen LogP contribution in [0.15, 0.2) is 91.0 Å². The second-order valence-corrected chi connectivity index (χ2v) is 8.58. The lowest BCUT2D eigenvalue weighted by Crippen LogP contribution is -2.62. The summed E-state index contributed by atoms with van der Waals surface area (Å²) in [5.74, 6) is 0. The molecule has 33 heavy (non-hydrogen) atoms. The predicted octanol–water partition coefficient (Wildman–Crippen LogP) is 5.06. The molecule has 0 N–H and O–H groups in total. The van der Waals surface area contributed by atoms with Crippen LogP contribution in [0.1, 0.15) is 29.9 Å². The second-order valence-electron chi connectivity index (χ2n) is 8.58. The zero-order chi connectivity index (χ0) is 22.5. The van der Waals surface area contributed by atoms with Gasteiger partial charge in [-0.15, -0.1) is 0 Å². The Balaban J connectivity index is 1.36. The van der Waals surface area contributed by atoms with Crippen molar-refractivity contribution in [2.75, 3.05) is 6.61 Å². The van der Waals surface area contributed by atoms with Crippen molar-refractivity contribution in [2.24, 2.45) is 0 Å². The summed E-state index contributed by atoms with van der Waals surface area (Å²) in [5.41, 5.74) is 3.21. The molecule has 5 rings (SSSR count). The quantitative estimate of drug-likeness (QED) is 0.508. The fraction of sp³-hybridized carbons (Fsp3) is 0.357. The van der Waals surface area contributed by atoms with Gasteiger partial charge in [-0.1, -0.05) is 91.0 Å². The third-order valence-electron chi connectivity index (χ3n) is 6.20. The first-order chi connectivity index (χ1) is 16.3. The van der Waals surface area contributed by atoms with Crippen molar-refractivity contribution >= 4 is 0 Å². The maximum atomic E-state index is 6.51. The smallest absolute Gasteiger partial charge is 0.184 e. The summed E-state index contributed by atoms with van der Waals surface area (Å²) >= 11 is 0. The highest BCUT2D eigenvalue weighted by Gasteiger charge is 2.49. The number of hydrogen-bond donors (Lipinski definition) is 0. The van der Waals surface area contributed by atoms with Gasteiger partial charge in [-0.2, -0.15) is 0 Å². The molecular weight excluding hydrogens is 416 g/mol. The highest BCUT2D eigenvalue weighted by atomic mass is 16.7. The van der Waals surface area contributed by atoms with Crippen LogP contribution >= 0.6 is 0 Å². The summed E-state index contributed by atoms with van der Waals surface area (Å²) in [7, 11) is 0. The molecule has 3 aromatic carbocycles. The van der Waals surface area contributed by atoms with Crippen molar-refractivity contribution in [3.8, 4) is 0 Å². The van der Waals surface area contributed by atoms with Crippen LogP contribution in [-0.2, 0) is 36.9 Å². The Morgan fingerprint density at radius 1 is 0.697 bits per heavy atom. The molecule has 3 aromatic rings. The van der Waals surface area contributed by atoms with Crippen molar-refractivity contribution in [3.05, 3.63) is 108 Å². The van der Waals surface area contributed by atoms with Crippen molar-refractivity contribution in [3.63, 3.8) is 0 Å². The Kier molecular flexibility index (Phi) is 7.15. The normalized spacial score (nSPS) is 29.4. The van der Waals surface area contributed by atoms with E-state index in [0.29, 0.717) is 19.8 Å². The van der Waals surface area contributed by atoms with E-state index in [1.807, 2.05) is 73.7 Å². The summed E-state index contributed by atoms with van der Waals surface area (Å²) < 4.78 is 31.7. The first-order valence-corrected chi connectivity index (χ1v) is 11.6. The average Bonchev–Trinajstić information content (AvgIpc) is 2.88. The fourth-order valence-corrected chi connectivity index (χ4v) is 4.50. The number of benzene rings is 3. The molecule has 172 valence electrons. The van der Waals surface area contributed by atoms with E-state index in [1.165, 1.54) is 0 Å². The molecule has 0 radical (unpaired) electrons. The third-order valence-corrected chi connectivity index (χ3v) is 6.20. The fourth-order valence-electron chi connectivity index (χ4n) is 4.50. The molecule has 0 bridgehead atoms. The standard InChI is InChI=1S/C28H30O5/c1-20-25(29-17-21-11-5-2-6-12-21)27(30-18-22-13-7-3-8-14-22)26-24(32-20)19-31-28(33-26)23-15-9-4-10-16-23/h2-16,20,24-28H,17-19H2,1H3/t20?,24-,25+,26-,27-,28?/m1/s1. The van der Waals surface area contributed by atoms with Gasteiger partial charge in [0.25, 0.3) is 0 Å². The molecule has 2 aliphatic heterocycles. The van der Waals surface area contributed by atoms with Crippen LogP contribution in [0.4, 0.5) is 0 Å². The lowest BCUT2D eigenvalue weighted by atomic mass is 9.94. The number of hydrogen-bond acceptors (Lipinski definition) is 5. The maximum Gasteiger partial charge on any atom is 0.184 e. The molecular formula is C28H30O5. The van der Waals surface area contributed by atoms with Crippen LogP contribution in [0.5, 0.6) is 0 Å². The Bertz CT molecular complexity index is 981. The molecule has 2 saturated heterocycles. The minimum absolute atomic E-state index is 0.156. The van der Waals surface area contributed by atoms with Gasteiger partial charge in [0.15, 0.2) is 6.29 Å². The Morgan fingerprint density at radius 3 is 1.85 bits per heavy atom. The van der Waals surface area contributed by atoms with Crippen molar-refractivity contribution in [2.45, 2.75) is 56.9 Å². The summed E-state index contributed by atoms with van der Waals surface area (Å²) in [5, 5.41) is 0. The highest BCUT2D eigenvalue weighted by Crippen LogP contribution is 2.36. The summed E-state index contributed by atoms with van der Waals surface area (Å²) in [6, 6.07) is 30.3. The molecule has 5 nitrogen and oxygen atoms in total. The molecule has 2 unspecified atom stereocenters. The molecule has 2 heterocycles. The van der Waals surface area contributed by atoms with Gasteiger partial charge in [-0.05, 0) is 18.1 Å². The zero-order valence-electron chi connectivity index (χ0n) is 18.8. The molecule has 0 aliphatic carbocycles. The van der Waals surface area contributed by atoms with Crippen LogP contribution in [0.25, 0.3) is 0 Å². The van der Waals surface area contributed by atoms with Crippen LogP contribution < -0.4 is 0 Å². The molecule has 2 fully saturated rings. The van der Waals surface area contributed by atoms with Crippen molar-refractivity contribution < 1.29 is 23.7 Å². The Hall–Kier alpha value is -2.54. The highest BCUT2D eigenvalue weighted by molar-refractivity contribution is 5.17. The van der Waals surface area contributed by atoms with Gasteiger partial charge >= 0.3 is 0 Å². The van der Waals surface area contributed by atoms with E-state index in [9.17, 15) is 0 Å². The molecule has 0 amide bonds. The molecule has 5 heteroatoms. The van der Waals surface area contributed by atoms with E-state index >= 15 is 0 Å². The van der Waals surface area contributed by atoms with Gasteiger partial charge in [-0.25, -0.2) is 0 Å². The lowest BCUT2D eigenvalue weighted by molar-refractivity contribution is -0.337. The monoisotopic (exact) mass is 446 g/mol. The third kappa shape index (κ3) is 5.35. The topological polar surface area (TPSA) is 46.2 Å². The van der Waals surface area contributed by atoms with Gasteiger partial charge in [-0.3, -0.25) is 0 Å². The van der Waals surface area contributed by atoms with E-state index in [4.69, 9.17) is 23.7 Å². The molecule has 6 atom stereocenters. The largest absolute Gasteiger partial charge is 0.368 e. The van der Waals surface area contributed by atoms with Crippen molar-refractivity contribution in [1.29, 1.82) is 0 Å². The molecule has 2 aliphatic rings. The van der Waals surface area contributed by atoms with Gasteiger partial charge in [0.05, 0.1) is 25.9 Å². The predicted molar refractivity (Wildman–Crippen MR) is 124 cm³/mol. The van der Waals surface area contributed by atoms with Gasteiger partial charge in [0.2, 0.25) is 0 Å². The zero-order valence-corrected chi connectivity index (χ0v) is 18.8. The summed E-state index contributed by atoms with van der Waals surface area (Å²) in [6.45, 7) is 3.45. The lowest BCUT2D eigenvalue weighted by Gasteiger charge is -2.48. The maximum absolute atomic E-state index is 6.51. The van der Waals surface area contributed by atoms with Crippen LogP contribution in [0.3, 0.4) is 0 Å². The van der Waals surface area contributed by atoms with E-state index in [2.05, 4.69) is 24.3 Å². The van der Waals surface area contributed by atoms with Crippen LogP contribution in [0.2, 0.25) is 0 Å². The first kappa shape index (κ1) is 22.3. The SMILES string of the molecule is CC1O[C@@H]2COC(c3ccccc3)O[C@H]2[C@H](OCc2ccccc2)[C@H]1OCc1ccccc1. The number of fused-ring (bicyclic) bond motifs is 1. The van der Waals surface area contributed by atoms with Gasteiger partial charge in [0, 0.05) is 5.56 Å². The van der Waals surface area contributed by atoms with Gasteiger partial charge in [0.1, 0.15) is 24.4 Å². The minimum Gasteiger partial charge on any atom is -0.368 e. The first-order valence-electron chi connectivity index (χ1n) is 11.6. The van der Waals surface area contributed by atoms with E-state index in [-0.39, 0.29) is 30.5 Å². The van der Waals surface area contributed by atoms with E-state index < -0.39 is 6.29 Å². The Morgan fingerprint density at radius 2 is 1.24 bits per heavy atom. The average molecular weight is 447 g/mol. The van der Waals surface area contributed by atoms with Crippen molar-refractivity contribution in [1.82, 2.24) is 0 Å². The van der Waals surface area contributed by atoms with E-state index in [1.54, 1.807) is 0 Å². The molecule has 0 saturated carbocycles. The molecule has 0 spiro atoms. The van der Waals surface area contributed by atoms with Gasteiger partial charge < -0.3 is 23.7 Å². The van der Waals surface area contributed by atoms with E-state index in [0.717, 1.165) is 16.7 Å². The Labute approximate surface area is 195 Å². The minimum atomic E-state index is -0.456. The second kappa shape index (κ2) is 10.6. The van der Waals surface area contributed by atoms with Crippen LogP contribution in [-0.4, -0.2) is 37.1 Å². The summed E-state index contributed by atoms with van der Waals surface area (Å²) in [4.78, 5) is 0. The van der Waals surface area contributed by atoms with Crippen LogP contribution in [0, 0.1) is 0 Å². The number of rotatable bonds is 7. The summed E-state index contributed by atoms with van der Waals surface area (Å²) in [6.07, 6.45) is -1.69. The molecule has 0 aromatic heterocycles.